The van der Waals surface area contributed by atoms with E-state index >= 15 is 0 Å². The molecule has 2 aromatic carbocycles. The lowest BCUT2D eigenvalue weighted by atomic mass is 10.0. The van der Waals surface area contributed by atoms with Crippen LogP contribution in [0.25, 0.3) is 17.3 Å². The number of benzene rings is 2. The Morgan fingerprint density at radius 2 is 1.70 bits per heavy atom. The molecule has 0 aliphatic carbocycles. The molecule has 3 aromatic rings. The average Bonchev–Trinajstić information content (AvgIpc) is 3.20. The summed E-state index contributed by atoms with van der Waals surface area (Å²) < 4.78 is 16.0. The Balaban J connectivity index is 1.75. The first kappa shape index (κ1) is 21.4. The number of carbonyl (C=O) groups excluding carboxylic acids is 1. The van der Waals surface area contributed by atoms with Crippen molar-refractivity contribution in [1.29, 1.82) is 0 Å². The van der Waals surface area contributed by atoms with Gasteiger partial charge in [0.05, 0.1) is 27.0 Å². The number of nitrogens with zero attached hydrogens (tertiary/aromatic N) is 1. The predicted octanol–water partition coefficient (Wildman–Crippen LogP) is 5.10. The first-order valence-corrected chi connectivity index (χ1v) is 10.2. The normalized spacial score (nSPS) is 10.8. The van der Waals surface area contributed by atoms with Gasteiger partial charge in [-0.1, -0.05) is 0 Å². The van der Waals surface area contributed by atoms with Crippen molar-refractivity contribution in [3.63, 3.8) is 0 Å². The number of aromatic nitrogens is 1. The Kier molecular flexibility index (Phi) is 6.74. The monoisotopic (exact) mass is 424 g/mol. The van der Waals surface area contributed by atoms with Gasteiger partial charge in [0.2, 0.25) is 5.91 Å². The molecule has 0 unspecified atom stereocenters. The number of ether oxygens (including phenoxy) is 3. The van der Waals surface area contributed by atoms with E-state index in [0.29, 0.717) is 22.3 Å². The molecule has 1 N–H and O–H groups in total. The van der Waals surface area contributed by atoms with E-state index < -0.39 is 0 Å². The van der Waals surface area contributed by atoms with E-state index in [-0.39, 0.29) is 5.91 Å². The molecule has 0 saturated carbocycles. The summed E-state index contributed by atoms with van der Waals surface area (Å²) in [7, 11) is 4.85. The minimum atomic E-state index is -0.247. The van der Waals surface area contributed by atoms with Crippen LogP contribution in [0.1, 0.15) is 16.7 Å². The smallest absolute Gasteiger partial charge is 0.250 e. The summed E-state index contributed by atoms with van der Waals surface area (Å²) in [5, 5.41) is 5.19. The third kappa shape index (κ3) is 4.80. The second-order valence-electron chi connectivity index (χ2n) is 6.60. The topological polar surface area (TPSA) is 69.7 Å². The summed E-state index contributed by atoms with van der Waals surface area (Å²) in [6.07, 6.45) is 3.31. The highest BCUT2D eigenvalue weighted by atomic mass is 32.1. The minimum absolute atomic E-state index is 0.247. The fraction of sp³-hybridized carbons (Fsp3) is 0.217. The molecule has 3 rings (SSSR count). The number of rotatable bonds is 7. The minimum Gasteiger partial charge on any atom is -0.497 e. The number of carbonyl (C=O) groups is 1. The van der Waals surface area contributed by atoms with Crippen LogP contribution in [0.3, 0.4) is 0 Å². The molecule has 0 radical (unpaired) electrons. The molecule has 0 aliphatic rings. The molecule has 0 fully saturated rings. The molecule has 0 bridgehead atoms. The van der Waals surface area contributed by atoms with Gasteiger partial charge in [-0.3, -0.25) is 10.1 Å². The van der Waals surface area contributed by atoms with E-state index in [9.17, 15) is 4.79 Å². The van der Waals surface area contributed by atoms with Crippen molar-refractivity contribution < 1.29 is 19.0 Å². The summed E-state index contributed by atoms with van der Waals surface area (Å²) in [4.78, 5) is 16.9. The van der Waals surface area contributed by atoms with E-state index in [0.717, 1.165) is 28.0 Å². The Bertz CT molecular complexity index is 1070. The Morgan fingerprint density at radius 3 is 2.33 bits per heavy atom. The van der Waals surface area contributed by atoms with Gasteiger partial charge in [0.25, 0.3) is 0 Å². The van der Waals surface area contributed by atoms with E-state index in [2.05, 4.69) is 10.3 Å². The van der Waals surface area contributed by atoms with Crippen molar-refractivity contribution in [3.05, 3.63) is 58.5 Å². The largest absolute Gasteiger partial charge is 0.497 e. The molecule has 1 amide bonds. The first-order chi connectivity index (χ1) is 14.4. The summed E-state index contributed by atoms with van der Waals surface area (Å²) in [6, 6.07) is 9.40. The SMILES string of the molecule is COc1cc(C)c(/C=C/C(=O)Nc2nc(-c3cc(OC)ccc3OC)cs2)c(C)c1. The maximum atomic E-state index is 12.4. The van der Waals surface area contributed by atoms with Crippen molar-refractivity contribution in [2.45, 2.75) is 13.8 Å². The van der Waals surface area contributed by atoms with Crippen LogP contribution >= 0.6 is 11.3 Å². The average molecular weight is 425 g/mol. The molecular weight excluding hydrogens is 400 g/mol. The summed E-state index contributed by atoms with van der Waals surface area (Å²) in [5.41, 5.74) is 4.58. The number of amides is 1. The van der Waals surface area contributed by atoms with Crippen molar-refractivity contribution in [2.24, 2.45) is 0 Å². The molecule has 156 valence electrons. The van der Waals surface area contributed by atoms with Crippen LogP contribution < -0.4 is 19.5 Å². The lowest BCUT2D eigenvalue weighted by Gasteiger charge is -2.08. The number of aryl methyl sites for hydroxylation is 2. The highest BCUT2D eigenvalue weighted by Crippen LogP contribution is 2.35. The van der Waals surface area contributed by atoms with Gasteiger partial charge in [0, 0.05) is 17.0 Å². The zero-order chi connectivity index (χ0) is 21.7. The van der Waals surface area contributed by atoms with Gasteiger partial charge < -0.3 is 14.2 Å². The van der Waals surface area contributed by atoms with Crippen LogP contribution in [0.5, 0.6) is 17.2 Å². The lowest BCUT2D eigenvalue weighted by molar-refractivity contribution is -0.111. The quantitative estimate of drug-likeness (QED) is 0.534. The first-order valence-electron chi connectivity index (χ1n) is 9.27. The third-order valence-electron chi connectivity index (χ3n) is 4.62. The standard InChI is InChI=1S/C23H24N2O4S/c1-14-10-17(28-4)11-15(2)18(14)7-9-22(26)25-23-24-20(13-30-23)19-12-16(27-3)6-8-21(19)29-5/h6-13H,1-5H3,(H,24,25,26)/b9-7+. The van der Waals surface area contributed by atoms with Gasteiger partial charge in [0.1, 0.15) is 17.2 Å². The predicted molar refractivity (Wildman–Crippen MR) is 121 cm³/mol. The number of hydrogen-bond acceptors (Lipinski definition) is 6. The van der Waals surface area contributed by atoms with Gasteiger partial charge in [-0.05, 0) is 66.9 Å². The Morgan fingerprint density at radius 1 is 1.00 bits per heavy atom. The van der Waals surface area contributed by atoms with Crippen molar-refractivity contribution in [3.8, 4) is 28.5 Å². The number of thiazole rings is 1. The van der Waals surface area contributed by atoms with E-state index in [4.69, 9.17) is 14.2 Å². The van der Waals surface area contributed by atoms with Gasteiger partial charge in [-0.15, -0.1) is 11.3 Å². The third-order valence-corrected chi connectivity index (χ3v) is 5.38. The van der Waals surface area contributed by atoms with Crippen LogP contribution in [0.2, 0.25) is 0 Å². The number of anilines is 1. The molecule has 6 nitrogen and oxygen atoms in total. The molecule has 1 heterocycles. The van der Waals surface area contributed by atoms with Crippen molar-refractivity contribution >= 4 is 28.5 Å². The lowest BCUT2D eigenvalue weighted by Crippen LogP contribution is -2.07. The fourth-order valence-corrected chi connectivity index (χ4v) is 3.80. The molecule has 30 heavy (non-hydrogen) atoms. The van der Waals surface area contributed by atoms with Crippen LogP contribution in [-0.4, -0.2) is 32.2 Å². The molecule has 0 saturated heterocycles. The Hall–Kier alpha value is -3.32. The summed E-state index contributed by atoms with van der Waals surface area (Å²) in [5.74, 6) is 1.94. The number of methoxy groups -OCH3 is 3. The highest BCUT2D eigenvalue weighted by Gasteiger charge is 2.12. The summed E-state index contributed by atoms with van der Waals surface area (Å²) in [6.45, 7) is 3.98. The zero-order valence-electron chi connectivity index (χ0n) is 17.6. The Labute approximate surface area is 180 Å². The number of nitrogens with one attached hydrogen (secondary N) is 1. The molecular formula is C23H24N2O4S. The van der Waals surface area contributed by atoms with Crippen LogP contribution in [0.4, 0.5) is 5.13 Å². The fourth-order valence-electron chi connectivity index (χ4n) is 3.09. The van der Waals surface area contributed by atoms with Crippen molar-refractivity contribution in [1.82, 2.24) is 4.98 Å². The van der Waals surface area contributed by atoms with Gasteiger partial charge in [-0.25, -0.2) is 4.98 Å². The van der Waals surface area contributed by atoms with Gasteiger partial charge in [-0.2, -0.15) is 0 Å². The van der Waals surface area contributed by atoms with E-state index in [1.54, 1.807) is 27.4 Å². The van der Waals surface area contributed by atoms with Crippen LogP contribution in [0, 0.1) is 13.8 Å². The van der Waals surface area contributed by atoms with Gasteiger partial charge >= 0.3 is 0 Å². The van der Waals surface area contributed by atoms with Crippen LogP contribution in [-0.2, 0) is 4.79 Å². The van der Waals surface area contributed by atoms with E-state index in [1.165, 1.54) is 17.4 Å². The second kappa shape index (κ2) is 9.45. The van der Waals surface area contributed by atoms with E-state index in [1.807, 2.05) is 49.6 Å². The molecule has 7 heteroatoms. The molecule has 0 atom stereocenters. The highest BCUT2D eigenvalue weighted by molar-refractivity contribution is 7.14. The number of hydrogen-bond donors (Lipinski definition) is 1. The summed E-state index contributed by atoms with van der Waals surface area (Å²) >= 11 is 1.35. The molecule has 0 aliphatic heterocycles. The molecule has 1 aromatic heterocycles. The van der Waals surface area contributed by atoms with Crippen LogP contribution in [0.15, 0.2) is 41.8 Å². The maximum absolute atomic E-state index is 12.4. The maximum Gasteiger partial charge on any atom is 0.250 e. The van der Waals surface area contributed by atoms with Crippen molar-refractivity contribution in [2.75, 3.05) is 26.6 Å². The second-order valence-corrected chi connectivity index (χ2v) is 7.46. The molecule has 0 spiro atoms. The zero-order valence-corrected chi connectivity index (χ0v) is 18.4. The van der Waals surface area contributed by atoms with Gasteiger partial charge in [0.15, 0.2) is 5.13 Å².